The summed E-state index contributed by atoms with van der Waals surface area (Å²) >= 11 is 0. The van der Waals surface area contributed by atoms with Gasteiger partial charge in [-0.15, -0.1) is 0 Å². The van der Waals surface area contributed by atoms with Gasteiger partial charge in [-0.25, -0.2) is 0 Å². The van der Waals surface area contributed by atoms with E-state index < -0.39 is 23.8 Å². The van der Waals surface area contributed by atoms with Crippen LogP contribution in [0, 0.1) is 5.92 Å². The van der Waals surface area contributed by atoms with E-state index in [9.17, 15) is 24.6 Å². The van der Waals surface area contributed by atoms with Gasteiger partial charge in [0.25, 0.3) is 5.91 Å². The maximum atomic E-state index is 13.8. The van der Waals surface area contributed by atoms with E-state index in [1.165, 1.54) is 4.90 Å². The highest BCUT2D eigenvalue weighted by Gasteiger charge is 2.45. The van der Waals surface area contributed by atoms with Crippen molar-refractivity contribution in [1.82, 2.24) is 9.80 Å². The van der Waals surface area contributed by atoms with Crippen LogP contribution in [0.3, 0.4) is 0 Å². The average Bonchev–Trinajstić information content (AvgIpc) is 3.41. The summed E-state index contributed by atoms with van der Waals surface area (Å²) in [6.45, 7) is 4.81. The smallest absolute Gasteiger partial charge is 0.255 e. The van der Waals surface area contributed by atoms with Crippen molar-refractivity contribution in [2.75, 3.05) is 19.8 Å². The van der Waals surface area contributed by atoms with Crippen LogP contribution in [0.4, 0.5) is 0 Å². The predicted octanol–water partition coefficient (Wildman–Crippen LogP) is 2.05. The van der Waals surface area contributed by atoms with E-state index in [0.29, 0.717) is 18.5 Å². The molecule has 2 N–H and O–H groups in total. The predicted molar refractivity (Wildman–Crippen MR) is 136 cm³/mol. The first-order chi connectivity index (χ1) is 17.7. The summed E-state index contributed by atoms with van der Waals surface area (Å²) in [6.07, 6.45) is 0.155. The first-order valence-electron chi connectivity index (χ1n) is 13.0. The minimum Gasteiger partial charge on any atom is -0.391 e. The molecule has 2 fully saturated rings. The lowest BCUT2D eigenvalue weighted by Gasteiger charge is -2.36. The molecule has 37 heavy (non-hydrogen) atoms. The highest BCUT2D eigenvalue weighted by molar-refractivity contribution is 6.01. The van der Waals surface area contributed by atoms with Crippen molar-refractivity contribution in [3.05, 3.63) is 70.8 Å². The van der Waals surface area contributed by atoms with Crippen LogP contribution in [-0.4, -0.2) is 75.6 Å². The number of aryl methyl sites for hydroxylation is 1. The normalized spacial score (nSPS) is 23.2. The second kappa shape index (κ2) is 10.0. The minimum absolute atomic E-state index is 0.0861. The first kappa shape index (κ1) is 25.6. The lowest BCUT2D eigenvalue weighted by atomic mass is 9.91. The zero-order valence-electron chi connectivity index (χ0n) is 21.3. The Morgan fingerprint density at radius 2 is 1.81 bits per heavy atom. The molecule has 3 aliphatic rings. The van der Waals surface area contributed by atoms with Crippen molar-refractivity contribution >= 4 is 17.6 Å². The SMILES string of the molecule is CC(C)[C@@H](C(=O)N1C[C@H](O)C[C@H]1C(=O)CCc1ccc(C2(O)COC2)cc1)N1Cc2ccccc2C1=O. The number of nitrogens with zero attached hydrogens (tertiary/aromatic N) is 2. The van der Waals surface area contributed by atoms with Gasteiger partial charge in [-0.3, -0.25) is 14.4 Å². The summed E-state index contributed by atoms with van der Waals surface area (Å²) < 4.78 is 5.11. The van der Waals surface area contributed by atoms with Crippen molar-refractivity contribution in [3.8, 4) is 0 Å². The molecule has 0 aliphatic carbocycles. The number of benzene rings is 2. The van der Waals surface area contributed by atoms with E-state index in [0.717, 1.165) is 16.7 Å². The maximum Gasteiger partial charge on any atom is 0.255 e. The van der Waals surface area contributed by atoms with E-state index in [1.54, 1.807) is 11.0 Å². The number of Topliss-reactive ketones (excluding diaryl/α,β-unsaturated/α-hetero) is 1. The van der Waals surface area contributed by atoms with Crippen LogP contribution in [0.15, 0.2) is 48.5 Å². The maximum absolute atomic E-state index is 13.8. The van der Waals surface area contributed by atoms with Crippen LogP contribution >= 0.6 is 0 Å². The molecule has 2 aromatic rings. The molecule has 5 rings (SSSR count). The van der Waals surface area contributed by atoms with Gasteiger partial charge < -0.3 is 24.7 Å². The number of aliphatic hydroxyl groups is 2. The summed E-state index contributed by atoms with van der Waals surface area (Å²) in [5, 5.41) is 20.8. The topological polar surface area (TPSA) is 107 Å². The Hall–Kier alpha value is -3.07. The Balaban J connectivity index is 1.27. The highest BCUT2D eigenvalue weighted by Crippen LogP contribution is 2.31. The minimum atomic E-state index is -0.930. The lowest BCUT2D eigenvalue weighted by Crippen LogP contribution is -2.54. The number of likely N-dealkylation sites (tertiary alicyclic amines) is 1. The molecule has 0 radical (unpaired) electrons. The summed E-state index contributed by atoms with van der Waals surface area (Å²) in [6, 6.07) is 13.5. The van der Waals surface area contributed by atoms with E-state index in [4.69, 9.17) is 4.74 Å². The molecule has 3 heterocycles. The van der Waals surface area contributed by atoms with Crippen molar-refractivity contribution < 1.29 is 29.3 Å². The van der Waals surface area contributed by atoms with Crippen LogP contribution < -0.4 is 0 Å². The molecule has 2 amide bonds. The van der Waals surface area contributed by atoms with Gasteiger partial charge in [0.1, 0.15) is 11.6 Å². The molecule has 0 spiro atoms. The van der Waals surface area contributed by atoms with Crippen LogP contribution in [0.25, 0.3) is 0 Å². The van der Waals surface area contributed by atoms with E-state index >= 15 is 0 Å². The molecule has 0 unspecified atom stereocenters. The second-order valence-electron chi connectivity index (χ2n) is 10.9. The Kier molecular flexibility index (Phi) is 6.91. The van der Waals surface area contributed by atoms with E-state index in [2.05, 4.69) is 0 Å². The number of β-amino-alcohol motifs (C(OH)–C–C–N with tert-alkyl or cyclic N) is 1. The average molecular weight is 507 g/mol. The molecule has 8 heteroatoms. The second-order valence-corrected chi connectivity index (χ2v) is 10.9. The quantitative estimate of drug-likeness (QED) is 0.568. The first-order valence-corrected chi connectivity index (χ1v) is 13.0. The number of hydrogen-bond donors (Lipinski definition) is 2. The molecular formula is C29H34N2O6. The van der Waals surface area contributed by atoms with Gasteiger partial charge >= 0.3 is 0 Å². The van der Waals surface area contributed by atoms with Crippen LogP contribution in [0.5, 0.6) is 0 Å². The van der Waals surface area contributed by atoms with Crippen molar-refractivity contribution in [3.63, 3.8) is 0 Å². The third kappa shape index (κ3) is 4.81. The molecule has 0 saturated carbocycles. The number of fused-ring (bicyclic) bond motifs is 1. The number of carbonyl (C=O) groups excluding carboxylic acids is 3. The standard InChI is InChI=1S/C29H34N2O6/c1-18(2)26(31-14-20-5-3-4-6-23(20)27(31)34)28(35)30-15-22(32)13-24(30)25(33)12-9-19-7-10-21(11-8-19)29(36)16-37-17-29/h3-8,10-11,18,22,24,26,32,36H,9,12-17H2,1-2H3/t22-,24+,26+/m1/s1. The zero-order valence-corrected chi connectivity index (χ0v) is 21.3. The Morgan fingerprint density at radius 1 is 1.11 bits per heavy atom. The van der Waals surface area contributed by atoms with Gasteiger partial charge in [0, 0.05) is 31.5 Å². The summed E-state index contributed by atoms with van der Waals surface area (Å²) in [5.41, 5.74) is 2.32. The molecule has 3 aliphatic heterocycles. The molecule has 2 aromatic carbocycles. The summed E-state index contributed by atoms with van der Waals surface area (Å²) in [5.74, 6) is -0.717. The fraction of sp³-hybridized carbons (Fsp3) is 0.483. The number of ether oxygens (including phenoxy) is 1. The third-order valence-electron chi connectivity index (χ3n) is 7.84. The number of ketones is 1. The Labute approximate surface area is 216 Å². The monoisotopic (exact) mass is 506 g/mol. The summed E-state index contributed by atoms with van der Waals surface area (Å²) in [4.78, 5) is 43.3. The number of hydrogen-bond acceptors (Lipinski definition) is 6. The Morgan fingerprint density at radius 3 is 2.43 bits per heavy atom. The van der Waals surface area contributed by atoms with Crippen molar-refractivity contribution in [2.45, 2.75) is 63.4 Å². The molecule has 0 aromatic heterocycles. The third-order valence-corrected chi connectivity index (χ3v) is 7.84. The van der Waals surface area contributed by atoms with Crippen LogP contribution in [-0.2, 0) is 32.9 Å². The fourth-order valence-electron chi connectivity index (χ4n) is 5.69. The fourth-order valence-corrected chi connectivity index (χ4v) is 5.69. The summed E-state index contributed by atoms with van der Waals surface area (Å²) in [7, 11) is 0. The molecule has 2 saturated heterocycles. The number of carbonyl (C=O) groups is 3. The van der Waals surface area contributed by atoms with E-state index in [-0.39, 0.29) is 56.1 Å². The zero-order chi connectivity index (χ0) is 26.3. The van der Waals surface area contributed by atoms with Crippen LogP contribution in [0.2, 0.25) is 0 Å². The van der Waals surface area contributed by atoms with Gasteiger partial charge in [0.2, 0.25) is 5.91 Å². The van der Waals surface area contributed by atoms with Gasteiger partial charge in [-0.05, 0) is 35.1 Å². The van der Waals surface area contributed by atoms with Gasteiger partial charge in [0.05, 0.1) is 25.4 Å². The molecule has 196 valence electrons. The molecular weight excluding hydrogens is 472 g/mol. The van der Waals surface area contributed by atoms with Gasteiger partial charge in [0.15, 0.2) is 5.78 Å². The van der Waals surface area contributed by atoms with Crippen molar-refractivity contribution in [1.29, 1.82) is 0 Å². The Bertz CT molecular complexity index is 1190. The lowest BCUT2D eigenvalue weighted by molar-refractivity contribution is -0.184. The largest absolute Gasteiger partial charge is 0.391 e. The number of rotatable bonds is 8. The number of amides is 2. The van der Waals surface area contributed by atoms with Gasteiger partial charge in [-0.1, -0.05) is 56.3 Å². The van der Waals surface area contributed by atoms with E-state index in [1.807, 2.05) is 56.3 Å². The molecule has 8 nitrogen and oxygen atoms in total. The van der Waals surface area contributed by atoms with Gasteiger partial charge in [-0.2, -0.15) is 0 Å². The van der Waals surface area contributed by atoms with Crippen LogP contribution in [0.1, 0.15) is 53.7 Å². The molecule has 3 atom stereocenters. The highest BCUT2D eigenvalue weighted by atomic mass is 16.5. The van der Waals surface area contributed by atoms with Crippen molar-refractivity contribution in [2.24, 2.45) is 5.92 Å². The molecule has 0 bridgehead atoms. The number of aliphatic hydroxyl groups excluding tert-OH is 1.